The minimum Gasteiger partial charge on any atom is -0.336 e. The van der Waals surface area contributed by atoms with Crippen molar-refractivity contribution in [2.45, 2.75) is 29.6 Å². The van der Waals surface area contributed by atoms with Crippen LogP contribution < -0.4 is 0 Å². The van der Waals surface area contributed by atoms with Crippen LogP contribution in [0.2, 0.25) is 5.02 Å². The smallest absolute Gasteiger partial charge is 0.253 e. The van der Waals surface area contributed by atoms with Crippen molar-refractivity contribution in [3.63, 3.8) is 0 Å². The fraction of sp³-hybridized carbons (Fsp3) is 0.409. The molecule has 0 spiro atoms. The SMILES string of the molecule is Cc1ccc(S(=O)(=O)N2CCN(C(=O)c3ccc(Cl)c(S(=O)(=O)N4CCCC4)c3)CC2)cc1. The number of carbonyl (C=O) groups excluding carboxylic acids is 1. The van der Waals surface area contributed by atoms with Crippen LogP contribution in [0.15, 0.2) is 52.3 Å². The van der Waals surface area contributed by atoms with Crippen LogP contribution in [0.4, 0.5) is 0 Å². The molecule has 2 heterocycles. The third-order valence-electron chi connectivity index (χ3n) is 6.05. The van der Waals surface area contributed by atoms with Gasteiger partial charge in [0.2, 0.25) is 20.0 Å². The molecule has 0 N–H and O–H groups in total. The molecule has 4 rings (SSSR count). The fourth-order valence-electron chi connectivity index (χ4n) is 4.08. The van der Waals surface area contributed by atoms with Crippen LogP contribution in [-0.4, -0.2) is 75.5 Å². The van der Waals surface area contributed by atoms with Gasteiger partial charge in [0.1, 0.15) is 4.90 Å². The third kappa shape index (κ3) is 4.81. The molecule has 2 aromatic rings. The average molecular weight is 512 g/mol. The summed E-state index contributed by atoms with van der Waals surface area (Å²) in [5, 5.41) is 0.0764. The Morgan fingerprint density at radius 2 is 1.36 bits per heavy atom. The molecule has 0 aliphatic carbocycles. The van der Waals surface area contributed by atoms with Crippen molar-refractivity contribution in [1.29, 1.82) is 0 Å². The van der Waals surface area contributed by atoms with E-state index < -0.39 is 20.0 Å². The second-order valence-corrected chi connectivity index (χ2v) is 12.5. The van der Waals surface area contributed by atoms with E-state index in [-0.39, 0.29) is 52.5 Å². The summed E-state index contributed by atoms with van der Waals surface area (Å²) < 4.78 is 54.5. The molecular formula is C22H26ClN3O5S2. The molecule has 0 saturated carbocycles. The number of carbonyl (C=O) groups is 1. The van der Waals surface area contributed by atoms with Gasteiger partial charge in [0.05, 0.1) is 9.92 Å². The Morgan fingerprint density at radius 1 is 0.788 bits per heavy atom. The van der Waals surface area contributed by atoms with Gasteiger partial charge in [-0.25, -0.2) is 16.8 Å². The molecule has 2 saturated heterocycles. The van der Waals surface area contributed by atoms with Gasteiger partial charge in [0.25, 0.3) is 5.91 Å². The number of piperazine rings is 1. The maximum Gasteiger partial charge on any atom is 0.253 e. The van der Waals surface area contributed by atoms with Gasteiger partial charge in [0.15, 0.2) is 0 Å². The van der Waals surface area contributed by atoms with Gasteiger partial charge in [-0.05, 0) is 50.1 Å². The predicted octanol–water partition coefficient (Wildman–Crippen LogP) is 2.58. The quantitative estimate of drug-likeness (QED) is 0.615. The van der Waals surface area contributed by atoms with E-state index in [4.69, 9.17) is 11.6 Å². The molecule has 8 nitrogen and oxygen atoms in total. The second kappa shape index (κ2) is 9.34. The van der Waals surface area contributed by atoms with Crippen LogP contribution in [0.1, 0.15) is 28.8 Å². The molecular weight excluding hydrogens is 486 g/mol. The van der Waals surface area contributed by atoms with Crippen LogP contribution in [0.3, 0.4) is 0 Å². The summed E-state index contributed by atoms with van der Waals surface area (Å²) in [5.74, 6) is -0.350. The second-order valence-electron chi connectivity index (χ2n) is 8.27. The highest BCUT2D eigenvalue weighted by Crippen LogP contribution is 2.29. The van der Waals surface area contributed by atoms with Gasteiger partial charge in [-0.3, -0.25) is 4.79 Å². The molecule has 0 bridgehead atoms. The molecule has 1 amide bonds. The van der Waals surface area contributed by atoms with E-state index >= 15 is 0 Å². The van der Waals surface area contributed by atoms with Gasteiger partial charge in [-0.2, -0.15) is 8.61 Å². The van der Waals surface area contributed by atoms with E-state index in [1.165, 1.54) is 31.7 Å². The zero-order valence-corrected chi connectivity index (χ0v) is 20.7. The monoisotopic (exact) mass is 511 g/mol. The highest BCUT2D eigenvalue weighted by molar-refractivity contribution is 7.89. The molecule has 2 fully saturated rings. The fourth-order valence-corrected chi connectivity index (χ4v) is 7.51. The van der Waals surface area contributed by atoms with Crippen LogP contribution in [0.5, 0.6) is 0 Å². The van der Waals surface area contributed by atoms with E-state index in [0.717, 1.165) is 18.4 Å². The first-order chi connectivity index (χ1) is 15.6. The topological polar surface area (TPSA) is 95.1 Å². The zero-order chi connectivity index (χ0) is 23.8. The Kier molecular flexibility index (Phi) is 6.84. The molecule has 33 heavy (non-hydrogen) atoms. The summed E-state index contributed by atoms with van der Waals surface area (Å²) in [5.41, 5.74) is 1.19. The Labute approximate surface area is 199 Å². The van der Waals surface area contributed by atoms with Crippen molar-refractivity contribution in [2.75, 3.05) is 39.3 Å². The summed E-state index contributed by atoms with van der Waals surface area (Å²) in [6.07, 6.45) is 1.59. The summed E-state index contributed by atoms with van der Waals surface area (Å²) >= 11 is 6.18. The largest absolute Gasteiger partial charge is 0.336 e. The van der Waals surface area contributed by atoms with Crippen LogP contribution in [-0.2, 0) is 20.0 Å². The lowest BCUT2D eigenvalue weighted by Crippen LogP contribution is -2.50. The molecule has 2 aromatic carbocycles. The first kappa shape index (κ1) is 24.2. The van der Waals surface area contributed by atoms with Crippen molar-refractivity contribution in [3.8, 4) is 0 Å². The minimum absolute atomic E-state index is 0.0718. The number of hydrogen-bond acceptors (Lipinski definition) is 5. The van der Waals surface area contributed by atoms with Gasteiger partial charge in [0, 0.05) is 44.8 Å². The van der Waals surface area contributed by atoms with Gasteiger partial charge < -0.3 is 4.90 Å². The first-order valence-corrected chi connectivity index (χ1v) is 14.0. The first-order valence-electron chi connectivity index (χ1n) is 10.8. The van der Waals surface area contributed by atoms with E-state index in [0.29, 0.717) is 13.1 Å². The number of benzene rings is 2. The highest BCUT2D eigenvalue weighted by atomic mass is 35.5. The maximum absolute atomic E-state index is 13.1. The van der Waals surface area contributed by atoms with Gasteiger partial charge >= 0.3 is 0 Å². The van der Waals surface area contributed by atoms with Crippen LogP contribution in [0.25, 0.3) is 0 Å². The average Bonchev–Trinajstić information content (AvgIpc) is 3.35. The van der Waals surface area contributed by atoms with Crippen molar-refractivity contribution >= 4 is 37.6 Å². The molecule has 0 aromatic heterocycles. The normalized spacial score (nSPS) is 18.5. The van der Waals surface area contributed by atoms with Crippen molar-refractivity contribution in [1.82, 2.24) is 13.5 Å². The molecule has 2 aliphatic heterocycles. The standard InChI is InChI=1S/C22H26ClN3O5S2/c1-17-4-7-19(8-5-17)32(28,29)26-14-12-24(13-15-26)22(27)18-6-9-20(23)21(16-18)33(30,31)25-10-2-3-11-25/h4-9,16H,2-3,10-15H2,1H3. The lowest BCUT2D eigenvalue weighted by molar-refractivity contribution is 0.0697. The molecule has 0 atom stereocenters. The lowest BCUT2D eigenvalue weighted by Gasteiger charge is -2.34. The Balaban J connectivity index is 1.48. The van der Waals surface area contributed by atoms with Crippen molar-refractivity contribution < 1.29 is 21.6 Å². The van der Waals surface area contributed by atoms with E-state index in [2.05, 4.69) is 0 Å². The Bertz CT molecular complexity index is 1250. The Hall–Kier alpha value is -1.98. The summed E-state index contributed by atoms with van der Waals surface area (Å²) in [7, 11) is -7.42. The van der Waals surface area contributed by atoms with Crippen molar-refractivity contribution in [2.24, 2.45) is 0 Å². The molecule has 0 unspecified atom stereocenters. The minimum atomic E-state index is -3.77. The highest BCUT2D eigenvalue weighted by Gasteiger charge is 2.32. The van der Waals surface area contributed by atoms with Gasteiger partial charge in [-0.15, -0.1) is 0 Å². The number of aryl methyl sites for hydroxylation is 1. The lowest BCUT2D eigenvalue weighted by atomic mass is 10.2. The Morgan fingerprint density at radius 3 is 1.97 bits per heavy atom. The molecule has 178 valence electrons. The van der Waals surface area contributed by atoms with E-state index in [1.807, 2.05) is 6.92 Å². The van der Waals surface area contributed by atoms with Gasteiger partial charge in [-0.1, -0.05) is 29.3 Å². The van der Waals surface area contributed by atoms with Crippen LogP contribution in [0, 0.1) is 6.92 Å². The molecule has 2 aliphatic rings. The van der Waals surface area contributed by atoms with Crippen LogP contribution >= 0.6 is 11.6 Å². The predicted molar refractivity (Wildman–Crippen MR) is 125 cm³/mol. The zero-order valence-electron chi connectivity index (χ0n) is 18.3. The number of nitrogens with zero attached hydrogens (tertiary/aromatic N) is 3. The maximum atomic E-state index is 13.1. The third-order valence-corrected chi connectivity index (χ3v) is 10.3. The number of sulfonamides is 2. The number of amides is 1. The number of halogens is 1. The van der Waals surface area contributed by atoms with E-state index in [9.17, 15) is 21.6 Å². The summed E-state index contributed by atoms with van der Waals surface area (Å²) in [4.78, 5) is 14.8. The number of rotatable bonds is 5. The summed E-state index contributed by atoms with van der Waals surface area (Å²) in [6.45, 7) is 3.51. The number of hydrogen-bond donors (Lipinski definition) is 0. The molecule has 11 heteroatoms. The summed E-state index contributed by atoms with van der Waals surface area (Å²) in [6, 6.07) is 10.9. The van der Waals surface area contributed by atoms with E-state index in [1.54, 1.807) is 24.3 Å². The van der Waals surface area contributed by atoms with Crippen molar-refractivity contribution in [3.05, 3.63) is 58.6 Å². The molecule has 0 radical (unpaired) electrons.